The summed E-state index contributed by atoms with van der Waals surface area (Å²) in [5.74, 6) is -3.50. The number of rotatable bonds is 5. The van der Waals surface area contributed by atoms with Crippen molar-refractivity contribution >= 4 is 5.97 Å². The number of carbonyl (C=O) groups excluding carboxylic acids is 1. The fourth-order valence-electron chi connectivity index (χ4n) is 1.34. The third kappa shape index (κ3) is 3.66. The summed E-state index contributed by atoms with van der Waals surface area (Å²) in [5, 5.41) is 11.7. The third-order valence-corrected chi connectivity index (χ3v) is 2.33. The van der Waals surface area contributed by atoms with E-state index in [0.29, 0.717) is 5.56 Å². The summed E-state index contributed by atoms with van der Waals surface area (Å²) in [6.45, 7) is 3.64. The fourth-order valence-corrected chi connectivity index (χ4v) is 1.34. The first kappa shape index (κ1) is 14.4. The molecule has 1 rings (SSSR count). The highest BCUT2D eigenvalue weighted by molar-refractivity contribution is 5.75. The average molecular weight is 259 g/mol. The van der Waals surface area contributed by atoms with Gasteiger partial charge in [0.2, 0.25) is 0 Å². The van der Waals surface area contributed by atoms with Gasteiger partial charge in [-0.05, 0) is 31.5 Å². The van der Waals surface area contributed by atoms with Crippen LogP contribution in [0.25, 0.3) is 0 Å². The van der Waals surface area contributed by atoms with Crippen LogP contribution in [0.15, 0.2) is 12.1 Å². The summed E-state index contributed by atoms with van der Waals surface area (Å²) in [4.78, 5) is 11.3. The molecule has 1 atom stereocenters. The predicted molar refractivity (Wildman–Crippen MR) is 61.0 cm³/mol. The molecule has 0 saturated carbocycles. The van der Waals surface area contributed by atoms with Gasteiger partial charge in [-0.1, -0.05) is 0 Å². The quantitative estimate of drug-likeness (QED) is 0.790. The van der Waals surface area contributed by atoms with Crippen LogP contribution >= 0.6 is 0 Å². The zero-order chi connectivity index (χ0) is 13.7. The van der Waals surface area contributed by atoms with Crippen LogP contribution in [0.4, 0.5) is 8.78 Å². The average Bonchev–Trinajstić information content (AvgIpc) is 2.33. The molecule has 0 spiro atoms. The molecule has 4 nitrogen and oxygen atoms in total. The van der Waals surface area contributed by atoms with Gasteiger partial charge >= 0.3 is 5.97 Å². The van der Waals surface area contributed by atoms with Crippen molar-refractivity contribution in [3.8, 4) is 5.75 Å². The summed E-state index contributed by atoms with van der Waals surface area (Å²) in [6, 6.07) is 1.43. The number of benzene rings is 1. The van der Waals surface area contributed by atoms with Gasteiger partial charge in [0.25, 0.3) is 0 Å². The zero-order valence-electron chi connectivity index (χ0n) is 10.2. The summed E-state index contributed by atoms with van der Waals surface area (Å²) >= 11 is 0. The monoisotopic (exact) mass is 259 g/mol. The molecular weight excluding hydrogens is 244 g/mol. The molecule has 0 saturated heterocycles. The molecule has 0 aliphatic heterocycles. The van der Waals surface area contributed by atoms with Crippen LogP contribution in [0.1, 0.15) is 19.4 Å². The van der Waals surface area contributed by atoms with Gasteiger partial charge < -0.3 is 15.2 Å². The molecular formula is C12H15F2NO3. The Hall–Kier alpha value is -1.69. The number of phenolic OH excluding ortho intramolecular Hbond substituents is 1. The van der Waals surface area contributed by atoms with Crippen LogP contribution in [-0.2, 0) is 16.1 Å². The lowest BCUT2D eigenvalue weighted by atomic mass is 10.2. The minimum atomic E-state index is -1.03. The molecule has 0 aliphatic rings. The van der Waals surface area contributed by atoms with Gasteiger partial charge in [-0.2, -0.15) is 0 Å². The minimum absolute atomic E-state index is 0.0914. The van der Waals surface area contributed by atoms with Crippen molar-refractivity contribution in [3.05, 3.63) is 29.3 Å². The molecule has 2 N–H and O–H groups in total. The van der Waals surface area contributed by atoms with E-state index in [9.17, 15) is 13.6 Å². The lowest BCUT2D eigenvalue weighted by Crippen LogP contribution is -2.34. The molecule has 18 heavy (non-hydrogen) atoms. The molecule has 0 fully saturated rings. The van der Waals surface area contributed by atoms with Crippen molar-refractivity contribution in [3.63, 3.8) is 0 Å². The molecule has 0 amide bonds. The van der Waals surface area contributed by atoms with Crippen molar-refractivity contribution in [1.29, 1.82) is 0 Å². The third-order valence-electron chi connectivity index (χ3n) is 2.33. The van der Waals surface area contributed by atoms with E-state index in [2.05, 4.69) is 5.32 Å². The van der Waals surface area contributed by atoms with E-state index >= 15 is 0 Å². The van der Waals surface area contributed by atoms with Crippen LogP contribution in [0, 0.1) is 11.6 Å². The zero-order valence-corrected chi connectivity index (χ0v) is 10.2. The Morgan fingerprint density at radius 1 is 1.44 bits per heavy atom. The van der Waals surface area contributed by atoms with Crippen LogP contribution < -0.4 is 5.32 Å². The normalized spacial score (nSPS) is 12.2. The van der Waals surface area contributed by atoms with E-state index in [4.69, 9.17) is 9.84 Å². The maximum Gasteiger partial charge on any atom is 0.322 e. The van der Waals surface area contributed by atoms with Gasteiger partial charge in [0.05, 0.1) is 6.61 Å². The molecule has 6 heteroatoms. The lowest BCUT2D eigenvalue weighted by molar-refractivity contribution is -0.145. The van der Waals surface area contributed by atoms with E-state index in [0.717, 1.165) is 12.1 Å². The van der Waals surface area contributed by atoms with Gasteiger partial charge in [0.15, 0.2) is 17.4 Å². The number of halogens is 2. The van der Waals surface area contributed by atoms with Gasteiger partial charge in [0, 0.05) is 6.54 Å². The van der Waals surface area contributed by atoms with Crippen LogP contribution in [0.3, 0.4) is 0 Å². The Labute approximate surface area is 104 Å². The molecule has 0 radical (unpaired) electrons. The predicted octanol–water partition coefficient (Wildman–Crippen LogP) is 1.71. The van der Waals surface area contributed by atoms with Gasteiger partial charge in [-0.15, -0.1) is 0 Å². The Morgan fingerprint density at radius 2 is 2.00 bits per heavy atom. The topological polar surface area (TPSA) is 58.6 Å². The number of phenols is 1. The second kappa shape index (κ2) is 6.30. The highest BCUT2D eigenvalue weighted by atomic mass is 19.1. The molecule has 0 aliphatic carbocycles. The first-order valence-corrected chi connectivity index (χ1v) is 5.52. The molecule has 0 aromatic heterocycles. The second-order valence-electron chi connectivity index (χ2n) is 3.76. The van der Waals surface area contributed by atoms with Crippen LogP contribution in [0.2, 0.25) is 0 Å². The number of hydrogen-bond acceptors (Lipinski definition) is 4. The van der Waals surface area contributed by atoms with Crippen molar-refractivity contribution < 1.29 is 23.4 Å². The molecule has 1 aromatic carbocycles. The number of aromatic hydroxyl groups is 1. The molecule has 1 aromatic rings. The van der Waals surface area contributed by atoms with Crippen molar-refractivity contribution in [2.24, 2.45) is 0 Å². The lowest BCUT2D eigenvalue weighted by Gasteiger charge is -2.12. The van der Waals surface area contributed by atoms with Gasteiger partial charge in [0.1, 0.15) is 6.04 Å². The number of carbonyl (C=O) groups is 1. The summed E-state index contributed by atoms with van der Waals surface area (Å²) in [7, 11) is 0. The van der Waals surface area contributed by atoms with Crippen LogP contribution in [-0.4, -0.2) is 23.7 Å². The van der Waals surface area contributed by atoms with E-state index in [1.165, 1.54) is 0 Å². The Balaban J connectivity index is 2.61. The minimum Gasteiger partial charge on any atom is -0.503 e. The smallest absolute Gasteiger partial charge is 0.322 e. The highest BCUT2D eigenvalue weighted by Crippen LogP contribution is 2.21. The Bertz CT molecular complexity index is 414. The first-order valence-electron chi connectivity index (χ1n) is 5.52. The van der Waals surface area contributed by atoms with E-state index in [-0.39, 0.29) is 13.2 Å². The maximum absolute atomic E-state index is 13.0. The van der Waals surface area contributed by atoms with Gasteiger partial charge in [-0.3, -0.25) is 4.79 Å². The number of ether oxygens (including phenoxy) is 1. The second-order valence-corrected chi connectivity index (χ2v) is 3.76. The first-order chi connectivity index (χ1) is 8.45. The standard InChI is InChI=1S/C12H15F2NO3/c1-3-18-12(17)7(2)15-6-8-4-9(13)11(16)10(14)5-8/h4-5,7,15-16H,3,6H2,1-2H3. The van der Waals surface area contributed by atoms with E-state index in [1.54, 1.807) is 13.8 Å². The van der Waals surface area contributed by atoms with Gasteiger partial charge in [-0.25, -0.2) is 8.78 Å². The fraction of sp³-hybridized carbons (Fsp3) is 0.417. The maximum atomic E-state index is 13.0. The Morgan fingerprint density at radius 3 is 2.50 bits per heavy atom. The SMILES string of the molecule is CCOC(=O)C(C)NCc1cc(F)c(O)c(F)c1. The van der Waals surface area contributed by atoms with E-state index in [1.807, 2.05) is 0 Å². The van der Waals surface area contributed by atoms with Crippen LogP contribution in [0.5, 0.6) is 5.75 Å². The number of esters is 1. The largest absolute Gasteiger partial charge is 0.503 e. The molecule has 0 bridgehead atoms. The highest BCUT2D eigenvalue weighted by Gasteiger charge is 2.14. The number of hydrogen-bond donors (Lipinski definition) is 2. The number of nitrogens with one attached hydrogen (secondary N) is 1. The summed E-state index contributed by atoms with van der Waals surface area (Å²) in [6.07, 6.45) is 0. The molecule has 1 unspecified atom stereocenters. The Kier molecular flexibility index (Phi) is 5.03. The molecule has 0 heterocycles. The van der Waals surface area contributed by atoms with Crippen molar-refractivity contribution in [2.75, 3.05) is 6.61 Å². The molecule has 100 valence electrons. The van der Waals surface area contributed by atoms with Crippen molar-refractivity contribution in [1.82, 2.24) is 5.32 Å². The summed E-state index contributed by atoms with van der Waals surface area (Å²) in [5.41, 5.74) is 0.291. The van der Waals surface area contributed by atoms with E-state index < -0.39 is 29.4 Å². The van der Waals surface area contributed by atoms with Crippen molar-refractivity contribution in [2.45, 2.75) is 26.4 Å². The summed E-state index contributed by atoms with van der Waals surface area (Å²) < 4.78 is 30.8.